The van der Waals surface area contributed by atoms with Gasteiger partial charge in [0, 0.05) is 32.2 Å². The minimum atomic E-state index is -4.21. The molecule has 0 unspecified atom stereocenters. The summed E-state index contributed by atoms with van der Waals surface area (Å²) in [4.78, 5) is 18.1. The number of hydrogen-bond acceptors (Lipinski definition) is 4. The molecule has 0 saturated carbocycles. The van der Waals surface area contributed by atoms with E-state index in [2.05, 4.69) is 15.6 Å². The van der Waals surface area contributed by atoms with Gasteiger partial charge in [-0.3, -0.25) is 0 Å². The zero-order valence-electron chi connectivity index (χ0n) is 16.3. The summed E-state index contributed by atoms with van der Waals surface area (Å²) in [5, 5.41) is 5.75. The van der Waals surface area contributed by atoms with Gasteiger partial charge in [-0.05, 0) is 60.2 Å². The first-order valence-corrected chi connectivity index (χ1v) is 9.33. The van der Waals surface area contributed by atoms with Crippen molar-refractivity contribution >= 4 is 23.4 Å². The summed E-state index contributed by atoms with van der Waals surface area (Å²) in [6, 6.07) is 8.67. The number of carbonyl (C=O) groups is 1. The number of nitrogens with zero attached hydrogens (tertiary/aromatic N) is 2. The van der Waals surface area contributed by atoms with Crippen molar-refractivity contribution in [3.8, 4) is 11.1 Å². The predicted molar refractivity (Wildman–Crippen MR) is 108 cm³/mol. The number of urea groups is 1. The fraction of sp³-hybridized carbons (Fsp3) is 0.400. The highest BCUT2D eigenvalue weighted by atomic mass is 19.4. The van der Waals surface area contributed by atoms with Crippen molar-refractivity contribution in [1.82, 2.24) is 9.88 Å². The number of aromatic nitrogens is 1. The average Bonchev–Trinajstić information content (AvgIpc) is 3.09. The Labute approximate surface area is 167 Å². The van der Waals surface area contributed by atoms with Gasteiger partial charge < -0.3 is 21.3 Å². The number of benzene rings is 1. The fourth-order valence-electron chi connectivity index (χ4n) is 3.56. The Morgan fingerprint density at radius 1 is 1.31 bits per heavy atom. The third-order valence-corrected chi connectivity index (χ3v) is 4.99. The van der Waals surface area contributed by atoms with Crippen LogP contribution in [-0.4, -0.2) is 42.2 Å². The largest absolute Gasteiger partial charge is 0.389 e. The number of carbonyl (C=O) groups excluding carboxylic acids is 1. The monoisotopic (exact) mass is 407 g/mol. The number of likely N-dealkylation sites (tertiary alicyclic amines) is 1. The van der Waals surface area contributed by atoms with Crippen LogP contribution >= 0.6 is 0 Å². The van der Waals surface area contributed by atoms with Crippen LogP contribution in [0.1, 0.15) is 18.4 Å². The molecule has 1 fully saturated rings. The average molecular weight is 407 g/mol. The van der Waals surface area contributed by atoms with Gasteiger partial charge in [0.25, 0.3) is 0 Å². The third kappa shape index (κ3) is 5.30. The SMILES string of the molecule is CNc1cc(-c2cc(NC(=O)N3CC[C@@H](CC(F)(F)F)C3)ccc2C)cc(N)n1. The van der Waals surface area contributed by atoms with Crippen molar-refractivity contribution in [2.24, 2.45) is 5.92 Å². The van der Waals surface area contributed by atoms with Crippen molar-refractivity contribution in [1.29, 1.82) is 0 Å². The van der Waals surface area contributed by atoms with Crippen molar-refractivity contribution in [3.63, 3.8) is 0 Å². The third-order valence-electron chi connectivity index (χ3n) is 4.99. The van der Waals surface area contributed by atoms with E-state index >= 15 is 0 Å². The quantitative estimate of drug-likeness (QED) is 0.698. The van der Waals surface area contributed by atoms with Gasteiger partial charge in [0.15, 0.2) is 0 Å². The van der Waals surface area contributed by atoms with Crippen LogP contribution in [0.4, 0.5) is 35.3 Å². The smallest absolute Gasteiger partial charge is 0.384 e. The maximum absolute atomic E-state index is 12.6. The number of amides is 2. The second kappa shape index (κ2) is 8.18. The van der Waals surface area contributed by atoms with Crippen molar-refractivity contribution in [2.45, 2.75) is 25.9 Å². The molecular formula is C20H24F3N5O. The molecule has 3 rings (SSSR count). The van der Waals surface area contributed by atoms with Gasteiger partial charge in [-0.1, -0.05) is 6.07 Å². The van der Waals surface area contributed by atoms with Gasteiger partial charge in [0.2, 0.25) is 0 Å². The molecule has 1 aliphatic rings. The molecule has 9 heteroatoms. The molecule has 2 aromatic rings. The highest BCUT2D eigenvalue weighted by Gasteiger charge is 2.36. The van der Waals surface area contributed by atoms with Crippen LogP contribution in [0.15, 0.2) is 30.3 Å². The molecule has 1 aromatic carbocycles. The van der Waals surface area contributed by atoms with E-state index in [1.165, 1.54) is 4.90 Å². The number of nitrogens with one attached hydrogen (secondary N) is 2. The molecule has 2 amide bonds. The molecule has 0 bridgehead atoms. The van der Waals surface area contributed by atoms with Gasteiger partial charge in [-0.25, -0.2) is 9.78 Å². The summed E-state index contributed by atoms with van der Waals surface area (Å²) >= 11 is 0. The molecule has 29 heavy (non-hydrogen) atoms. The predicted octanol–water partition coefficient (Wildman–Crippen LogP) is 4.49. The van der Waals surface area contributed by atoms with Crippen LogP contribution in [0.3, 0.4) is 0 Å². The molecule has 0 radical (unpaired) electrons. The van der Waals surface area contributed by atoms with Crippen LogP contribution in [0.25, 0.3) is 11.1 Å². The minimum Gasteiger partial charge on any atom is -0.384 e. The Bertz CT molecular complexity index is 900. The zero-order chi connectivity index (χ0) is 21.2. The number of alkyl halides is 3. The zero-order valence-corrected chi connectivity index (χ0v) is 16.3. The Morgan fingerprint density at radius 2 is 2.07 bits per heavy atom. The second-order valence-corrected chi connectivity index (χ2v) is 7.30. The molecule has 0 spiro atoms. The maximum atomic E-state index is 12.6. The van der Waals surface area contributed by atoms with E-state index in [1.807, 2.05) is 25.1 Å². The van der Waals surface area contributed by atoms with Crippen LogP contribution in [0.2, 0.25) is 0 Å². The van der Waals surface area contributed by atoms with Crippen LogP contribution in [0.5, 0.6) is 0 Å². The number of nitrogen functional groups attached to an aromatic ring is 1. The Kier molecular flexibility index (Phi) is 5.86. The summed E-state index contributed by atoms with van der Waals surface area (Å²) in [5.74, 6) is 0.448. The van der Waals surface area contributed by atoms with E-state index in [0.717, 1.165) is 16.7 Å². The molecule has 1 aromatic heterocycles. The number of nitrogens with two attached hydrogens (primary N) is 1. The summed E-state index contributed by atoms with van der Waals surface area (Å²) in [5.41, 5.74) is 9.16. The molecule has 2 heterocycles. The molecule has 6 nitrogen and oxygen atoms in total. The van der Waals surface area contributed by atoms with Gasteiger partial charge in [0.1, 0.15) is 11.6 Å². The number of aryl methyl sites for hydroxylation is 1. The lowest BCUT2D eigenvalue weighted by Crippen LogP contribution is -2.33. The van der Waals surface area contributed by atoms with E-state index in [-0.39, 0.29) is 6.54 Å². The summed E-state index contributed by atoms with van der Waals surface area (Å²) in [7, 11) is 1.75. The lowest BCUT2D eigenvalue weighted by atomic mass is 10.0. The van der Waals surface area contributed by atoms with E-state index in [4.69, 9.17) is 5.73 Å². The second-order valence-electron chi connectivity index (χ2n) is 7.30. The summed E-state index contributed by atoms with van der Waals surface area (Å²) in [6.07, 6.45) is -4.71. The summed E-state index contributed by atoms with van der Waals surface area (Å²) in [6.45, 7) is 2.37. The van der Waals surface area contributed by atoms with E-state index in [0.29, 0.717) is 30.3 Å². The molecule has 0 aliphatic carbocycles. The fourth-order valence-corrected chi connectivity index (χ4v) is 3.56. The van der Waals surface area contributed by atoms with E-state index in [1.54, 1.807) is 19.2 Å². The Hall–Kier alpha value is -2.97. The molecule has 4 N–H and O–H groups in total. The van der Waals surface area contributed by atoms with Crippen LogP contribution in [-0.2, 0) is 0 Å². The van der Waals surface area contributed by atoms with Crippen molar-refractivity contribution in [3.05, 3.63) is 35.9 Å². The van der Waals surface area contributed by atoms with Crippen LogP contribution < -0.4 is 16.4 Å². The highest BCUT2D eigenvalue weighted by Crippen LogP contribution is 2.32. The van der Waals surface area contributed by atoms with E-state index in [9.17, 15) is 18.0 Å². The minimum absolute atomic E-state index is 0.108. The first kappa shape index (κ1) is 20.8. The lowest BCUT2D eigenvalue weighted by molar-refractivity contribution is -0.143. The first-order chi connectivity index (χ1) is 13.6. The van der Waals surface area contributed by atoms with Crippen LogP contribution in [0, 0.1) is 12.8 Å². The standard InChI is InChI=1S/C20H24F3N5O/c1-12-3-4-15(9-16(12)14-7-17(24)27-18(8-14)25-2)26-19(29)28-6-5-13(11-28)10-20(21,22)23/h3-4,7-9,13H,5-6,10-11H2,1-2H3,(H,26,29)(H3,24,25,27)/t13-/m0/s1. The number of halogens is 3. The lowest BCUT2D eigenvalue weighted by Gasteiger charge is -2.19. The molecule has 1 saturated heterocycles. The number of pyridine rings is 1. The van der Waals surface area contributed by atoms with E-state index < -0.39 is 24.5 Å². The number of hydrogen-bond donors (Lipinski definition) is 3. The number of rotatable bonds is 4. The van der Waals surface area contributed by atoms with Gasteiger partial charge in [-0.2, -0.15) is 13.2 Å². The van der Waals surface area contributed by atoms with Gasteiger partial charge in [-0.15, -0.1) is 0 Å². The normalized spacial score (nSPS) is 16.7. The van der Waals surface area contributed by atoms with Crippen molar-refractivity contribution < 1.29 is 18.0 Å². The Morgan fingerprint density at radius 3 is 2.76 bits per heavy atom. The molecule has 1 aliphatic heterocycles. The molecular weight excluding hydrogens is 383 g/mol. The Balaban J connectivity index is 1.74. The highest BCUT2D eigenvalue weighted by molar-refractivity contribution is 5.90. The maximum Gasteiger partial charge on any atom is 0.389 e. The number of anilines is 3. The molecule has 1 atom stereocenters. The van der Waals surface area contributed by atoms with Gasteiger partial charge >= 0.3 is 12.2 Å². The molecule has 156 valence electrons. The first-order valence-electron chi connectivity index (χ1n) is 9.33. The topological polar surface area (TPSA) is 83.3 Å². The van der Waals surface area contributed by atoms with Gasteiger partial charge in [0.05, 0.1) is 0 Å². The van der Waals surface area contributed by atoms with Crippen molar-refractivity contribution in [2.75, 3.05) is 36.5 Å². The summed E-state index contributed by atoms with van der Waals surface area (Å²) < 4.78 is 37.7.